The fourth-order valence-corrected chi connectivity index (χ4v) is 2.41. The minimum Gasteiger partial charge on any atom is -0.393 e. The predicted molar refractivity (Wildman–Crippen MR) is 84.6 cm³/mol. The number of rotatable bonds is 10. The van der Waals surface area contributed by atoms with Crippen molar-refractivity contribution in [2.24, 2.45) is 7.05 Å². The van der Waals surface area contributed by atoms with Gasteiger partial charge in [0.2, 0.25) is 0 Å². The molecule has 0 aliphatic carbocycles. The molecule has 0 saturated heterocycles. The van der Waals surface area contributed by atoms with Crippen molar-refractivity contribution in [1.82, 2.24) is 9.13 Å². The van der Waals surface area contributed by atoms with Crippen molar-refractivity contribution in [3.8, 4) is 0 Å². The molecule has 5 heteroatoms. The van der Waals surface area contributed by atoms with Crippen LogP contribution in [-0.2, 0) is 13.6 Å². The Labute approximate surface area is 126 Å². The lowest BCUT2D eigenvalue weighted by Gasteiger charge is -2.06. The van der Waals surface area contributed by atoms with E-state index in [2.05, 4.69) is 0 Å². The molecule has 5 nitrogen and oxygen atoms in total. The van der Waals surface area contributed by atoms with Crippen molar-refractivity contribution in [1.29, 1.82) is 0 Å². The van der Waals surface area contributed by atoms with Crippen molar-refractivity contribution in [2.75, 3.05) is 0 Å². The van der Waals surface area contributed by atoms with Gasteiger partial charge in [0.15, 0.2) is 0 Å². The van der Waals surface area contributed by atoms with E-state index < -0.39 is 0 Å². The molecule has 1 aromatic rings. The SMILES string of the molecule is CC(O)CCCCCCCCCn1c(=O)ccn(C)c1=O. The molecule has 120 valence electrons. The van der Waals surface area contributed by atoms with Crippen molar-refractivity contribution >= 4 is 0 Å². The van der Waals surface area contributed by atoms with E-state index in [1.54, 1.807) is 7.05 Å². The zero-order chi connectivity index (χ0) is 15.7. The Kier molecular flexibility index (Phi) is 8.05. The van der Waals surface area contributed by atoms with Gasteiger partial charge in [-0.05, 0) is 19.8 Å². The third-order valence-electron chi connectivity index (χ3n) is 3.74. The Morgan fingerprint density at radius 2 is 1.62 bits per heavy atom. The fraction of sp³-hybridized carbons (Fsp3) is 0.750. The van der Waals surface area contributed by atoms with Crippen molar-refractivity contribution in [3.05, 3.63) is 33.1 Å². The van der Waals surface area contributed by atoms with Crippen LogP contribution in [0.25, 0.3) is 0 Å². The molecule has 21 heavy (non-hydrogen) atoms. The lowest BCUT2D eigenvalue weighted by molar-refractivity contribution is 0.180. The summed E-state index contributed by atoms with van der Waals surface area (Å²) in [4.78, 5) is 23.4. The molecule has 0 aliphatic heterocycles. The van der Waals surface area contributed by atoms with Gasteiger partial charge in [-0.25, -0.2) is 4.79 Å². The molecule has 1 N–H and O–H groups in total. The van der Waals surface area contributed by atoms with Crippen LogP contribution < -0.4 is 11.2 Å². The highest BCUT2D eigenvalue weighted by Gasteiger charge is 2.02. The molecular formula is C16H28N2O3. The van der Waals surface area contributed by atoms with Crippen LogP contribution in [0.5, 0.6) is 0 Å². The highest BCUT2D eigenvalue weighted by molar-refractivity contribution is 4.85. The van der Waals surface area contributed by atoms with Gasteiger partial charge in [-0.15, -0.1) is 0 Å². The van der Waals surface area contributed by atoms with Gasteiger partial charge in [-0.2, -0.15) is 0 Å². The Morgan fingerprint density at radius 1 is 1.05 bits per heavy atom. The molecule has 0 amide bonds. The van der Waals surface area contributed by atoms with Crippen LogP contribution in [0.4, 0.5) is 0 Å². The second-order valence-electron chi connectivity index (χ2n) is 5.81. The molecule has 1 atom stereocenters. The average Bonchev–Trinajstić information content (AvgIpc) is 2.44. The van der Waals surface area contributed by atoms with E-state index in [4.69, 9.17) is 5.11 Å². The highest BCUT2D eigenvalue weighted by atomic mass is 16.3. The quantitative estimate of drug-likeness (QED) is 0.672. The van der Waals surface area contributed by atoms with Gasteiger partial charge in [-0.3, -0.25) is 9.36 Å². The summed E-state index contributed by atoms with van der Waals surface area (Å²) < 4.78 is 2.74. The molecular weight excluding hydrogens is 268 g/mol. The first kappa shape index (κ1) is 17.7. The molecule has 0 aromatic carbocycles. The van der Waals surface area contributed by atoms with Crippen LogP contribution in [-0.4, -0.2) is 20.3 Å². The molecule has 0 saturated carbocycles. The van der Waals surface area contributed by atoms with E-state index in [-0.39, 0.29) is 17.4 Å². The largest absolute Gasteiger partial charge is 0.393 e. The number of unbranched alkanes of at least 4 members (excludes halogenated alkanes) is 6. The van der Waals surface area contributed by atoms with Crippen molar-refractivity contribution in [2.45, 2.75) is 70.9 Å². The van der Waals surface area contributed by atoms with Gasteiger partial charge in [-0.1, -0.05) is 38.5 Å². The average molecular weight is 296 g/mol. The van der Waals surface area contributed by atoms with Crippen LogP contribution in [0.3, 0.4) is 0 Å². The number of hydrogen-bond donors (Lipinski definition) is 1. The molecule has 0 bridgehead atoms. The lowest BCUT2D eigenvalue weighted by Crippen LogP contribution is -2.37. The zero-order valence-corrected chi connectivity index (χ0v) is 13.3. The van der Waals surface area contributed by atoms with Crippen LogP contribution >= 0.6 is 0 Å². The summed E-state index contributed by atoms with van der Waals surface area (Å²) >= 11 is 0. The first-order valence-corrected chi connectivity index (χ1v) is 7.97. The van der Waals surface area contributed by atoms with E-state index in [1.807, 2.05) is 6.92 Å². The number of aromatic nitrogens is 2. The monoisotopic (exact) mass is 296 g/mol. The third-order valence-corrected chi connectivity index (χ3v) is 3.74. The maximum absolute atomic E-state index is 11.8. The van der Waals surface area contributed by atoms with Crippen LogP contribution in [0.15, 0.2) is 21.9 Å². The van der Waals surface area contributed by atoms with Gasteiger partial charge in [0, 0.05) is 25.9 Å². The van der Waals surface area contributed by atoms with Crippen molar-refractivity contribution < 1.29 is 5.11 Å². The van der Waals surface area contributed by atoms with E-state index in [0.29, 0.717) is 6.54 Å². The number of nitrogens with zero attached hydrogens (tertiary/aromatic N) is 2. The first-order chi connectivity index (χ1) is 10.0. The maximum atomic E-state index is 11.8. The highest BCUT2D eigenvalue weighted by Crippen LogP contribution is 2.09. The van der Waals surface area contributed by atoms with Gasteiger partial charge < -0.3 is 9.67 Å². The molecule has 0 radical (unpaired) electrons. The van der Waals surface area contributed by atoms with Crippen LogP contribution in [0, 0.1) is 0 Å². The molecule has 1 unspecified atom stereocenters. The van der Waals surface area contributed by atoms with Crippen LogP contribution in [0.1, 0.15) is 58.3 Å². The maximum Gasteiger partial charge on any atom is 0.330 e. The summed E-state index contributed by atoms with van der Waals surface area (Å²) in [7, 11) is 1.66. The Bertz CT molecular complexity index is 517. The van der Waals surface area contributed by atoms with E-state index in [1.165, 1.54) is 40.7 Å². The predicted octanol–water partition coefficient (Wildman–Crippen LogP) is 2.05. The van der Waals surface area contributed by atoms with Crippen molar-refractivity contribution in [3.63, 3.8) is 0 Å². The van der Waals surface area contributed by atoms with Gasteiger partial charge in [0.1, 0.15) is 0 Å². The standard InChI is InChI=1S/C16H28N2O3/c1-14(19)10-8-6-4-3-5-7-9-12-18-15(20)11-13-17(2)16(18)21/h11,13-14,19H,3-10,12H2,1-2H3. The molecule has 1 heterocycles. The zero-order valence-electron chi connectivity index (χ0n) is 13.3. The summed E-state index contributed by atoms with van der Waals surface area (Å²) in [6, 6.07) is 1.43. The molecule has 1 rings (SSSR count). The van der Waals surface area contributed by atoms with Crippen LogP contribution in [0.2, 0.25) is 0 Å². The Hall–Kier alpha value is -1.36. The number of aliphatic hydroxyl groups is 1. The van der Waals surface area contributed by atoms with Gasteiger partial charge >= 0.3 is 5.69 Å². The fourth-order valence-electron chi connectivity index (χ4n) is 2.41. The van der Waals surface area contributed by atoms with E-state index in [9.17, 15) is 9.59 Å². The smallest absolute Gasteiger partial charge is 0.330 e. The van der Waals surface area contributed by atoms with Gasteiger partial charge in [0.05, 0.1) is 6.10 Å². The normalized spacial score (nSPS) is 12.5. The molecule has 0 spiro atoms. The minimum atomic E-state index is -0.236. The number of hydrogen-bond acceptors (Lipinski definition) is 3. The summed E-state index contributed by atoms with van der Waals surface area (Å²) in [5, 5.41) is 9.14. The number of aryl methyl sites for hydroxylation is 1. The number of aliphatic hydroxyl groups excluding tert-OH is 1. The van der Waals surface area contributed by atoms with E-state index >= 15 is 0 Å². The third kappa shape index (κ3) is 6.76. The second kappa shape index (κ2) is 9.55. The Morgan fingerprint density at radius 3 is 2.24 bits per heavy atom. The minimum absolute atomic E-state index is 0.184. The lowest BCUT2D eigenvalue weighted by atomic mass is 10.1. The first-order valence-electron chi connectivity index (χ1n) is 7.97. The summed E-state index contributed by atoms with van der Waals surface area (Å²) in [6.45, 7) is 2.34. The van der Waals surface area contributed by atoms with Gasteiger partial charge in [0.25, 0.3) is 5.56 Å². The van der Waals surface area contributed by atoms with E-state index in [0.717, 1.165) is 32.1 Å². The summed E-state index contributed by atoms with van der Waals surface area (Å²) in [5.74, 6) is 0. The molecule has 0 aliphatic rings. The Balaban J connectivity index is 2.14. The topological polar surface area (TPSA) is 64.2 Å². The summed E-state index contributed by atoms with van der Waals surface area (Å²) in [5.41, 5.74) is -0.447. The molecule has 0 fully saturated rings. The second-order valence-corrected chi connectivity index (χ2v) is 5.81. The molecule has 1 aromatic heterocycles. The summed E-state index contributed by atoms with van der Waals surface area (Å²) in [6.07, 6.45) is 9.90.